The standard InChI is InChI=1S/C18H29N3O3/c1-3-15-13(12-21-7-5-6-8-21)9-16(24-15)18(22)20-14-10-19-11-17(14)23-4-2/h9,14,17,19H,3-8,10-12H2,1-2H3,(H,20,22)/t14-,17-/m1/s1. The Kier molecular flexibility index (Phi) is 5.92. The predicted molar refractivity (Wildman–Crippen MR) is 92.1 cm³/mol. The van der Waals surface area contributed by atoms with E-state index in [0.717, 1.165) is 50.5 Å². The Hall–Kier alpha value is -1.37. The van der Waals surface area contributed by atoms with Crippen molar-refractivity contribution in [1.82, 2.24) is 15.5 Å². The van der Waals surface area contributed by atoms with Crippen LogP contribution in [-0.4, -0.2) is 55.7 Å². The Labute approximate surface area is 143 Å². The molecule has 134 valence electrons. The van der Waals surface area contributed by atoms with Gasteiger partial charge in [-0.25, -0.2) is 0 Å². The third-order valence-electron chi connectivity index (χ3n) is 4.89. The summed E-state index contributed by atoms with van der Waals surface area (Å²) >= 11 is 0. The van der Waals surface area contributed by atoms with Gasteiger partial charge in [0.05, 0.1) is 12.1 Å². The molecule has 2 atom stereocenters. The molecule has 2 aliphatic rings. The number of carbonyl (C=O) groups excluding carboxylic acids is 1. The highest BCUT2D eigenvalue weighted by atomic mass is 16.5. The molecule has 3 heterocycles. The summed E-state index contributed by atoms with van der Waals surface area (Å²) in [5.41, 5.74) is 1.15. The van der Waals surface area contributed by atoms with E-state index in [2.05, 4.69) is 22.5 Å². The van der Waals surface area contributed by atoms with Crippen LogP contribution < -0.4 is 10.6 Å². The first-order valence-corrected chi connectivity index (χ1v) is 9.18. The highest BCUT2D eigenvalue weighted by Crippen LogP contribution is 2.21. The highest BCUT2D eigenvalue weighted by Gasteiger charge is 2.30. The van der Waals surface area contributed by atoms with Crippen LogP contribution in [0.3, 0.4) is 0 Å². The Morgan fingerprint density at radius 1 is 1.38 bits per heavy atom. The SMILES string of the molecule is CCO[C@@H]1CNC[C@H]1NC(=O)c1cc(CN2CCCC2)c(CC)o1. The average molecular weight is 335 g/mol. The zero-order chi connectivity index (χ0) is 16.9. The van der Waals surface area contributed by atoms with Gasteiger partial charge in [-0.05, 0) is 38.9 Å². The van der Waals surface area contributed by atoms with Crippen LogP contribution in [-0.2, 0) is 17.7 Å². The third-order valence-corrected chi connectivity index (χ3v) is 4.89. The molecule has 0 spiro atoms. The maximum Gasteiger partial charge on any atom is 0.287 e. The van der Waals surface area contributed by atoms with Gasteiger partial charge in [0, 0.05) is 38.2 Å². The van der Waals surface area contributed by atoms with Crippen molar-refractivity contribution in [2.24, 2.45) is 0 Å². The van der Waals surface area contributed by atoms with Crippen molar-refractivity contribution >= 4 is 5.91 Å². The number of nitrogens with one attached hydrogen (secondary N) is 2. The van der Waals surface area contributed by atoms with E-state index >= 15 is 0 Å². The molecule has 1 amide bonds. The predicted octanol–water partition coefficient (Wildman–Crippen LogP) is 1.54. The van der Waals surface area contributed by atoms with Crippen LogP contribution in [0, 0.1) is 0 Å². The van der Waals surface area contributed by atoms with Crippen LogP contribution in [0.5, 0.6) is 0 Å². The summed E-state index contributed by atoms with van der Waals surface area (Å²) in [6, 6.07) is 1.92. The van der Waals surface area contributed by atoms with Gasteiger partial charge < -0.3 is 19.8 Å². The minimum atomic E-state index is -0.143. The number of hydrogen-bond acceptors (Lipinski definition) is 5. The normalized spacial score (nSPS) is 24.6. The topological polar surface area (TPSA) is 66.7 Å². The van der Waals surface area contributed by atoms with E-state index in [1.54, 1.807) is 0 Å². The first-order valence-electron chi connectivity index (χ1n) is 9.18. The second kappa shape index (κ2) is 8.14. The summed E-state index contributed by atoms with van der Waals surface area (Å²) < 4.78 is 11.5. The summed E-state index contributed by atoms with van der Waals surface area (Å²) in [6.07, 6.45) is 3.37. The number of nitrogens with zero attached hydrogens (tertiary/aromatic N) is 1. The molecule has 0 aliphatic carbocycles. The van der Waals surface area contributed by atoms with Gasteiger partial charge in [-0.15, -0.1) is 0 Å². The molecule has 0 radical (unpaired) electrons. The molecule has 0 unspecified atom stereocenters. The van der Waals surface area contributed by atoms with Crippen LogP contribution in [0.2, 0.25) is 0 Å². The number of aryl methyl sites for hydroxylation is 1. The lowest BCUT2D eigenvalue weighted by Crippen LogP contribution is -2.43. The summed E-state index contributed by atoms with van der Waals surface area (Å²) in [5, 5.41) is 6.32. The second-order valence-electron chi connectivity index (χ2n) is 6.63. The quantitative estimate of drug-likeness (QED) is 0.791. The molecule has 0 aromatic carbocycles. The minimum absolute atomic E-state index is 0.00495. The number of hydrogen-bond donors (Lipinski definition) is 2. The van der Waals surface area contributed by atoms with Crippen molar-refractivity contribution in [1.29, 1.82) is 0 Å². The van der Waals surface area contributed by atoms with Crippen molar-refractivity contribution in [2.75, 3.05) is 32.8 Å². The number of rotatable bonds is 7. The number of furan rings is 1. The molecule has 3 rings (SSSR count). The van der Waals surface area contributed by atoms with Gasteiger partial charge in [-0.1, -0.05) is 6.92 Å². The summed E-state index contributed by atoms with van der Waals surface area (Å²) in [5.74, 6) is 1.21. The largest absolute Gasteiger partial charge is 0.456 e. The molecule has 6 heteroatoms. The second-order valence-corrected chi connectivity index (χ2v) is 6.63. The monoisotopic (exact) mass is 335 g/mol. The van der Waals surface area contributed by atoms with Gasteiger partial charge >= 0.3 is 0 Å². The van der Waals surface area contributed by atoms with Gasteiger partial charge in [0.1, 0.15) is 5.76 Å². The number of carbonyl (C=O) groups is 1. The van der Waals surface area contributed by atoms with Crippen LogP contribution in [0.25, 0.3) is 0 Å². The van der Waals surface area contributed by atoms with Gasteiger partial charge in [0.15, 0.2) is 5.76 Å². The summed E-state index contributed by atoms with van der Waals surface area (Å²) in [6.45, 7) is 9.36. The fraction of sp³-hybridized carbons (Fsp3) is 0.722. The van der Waals surface area contributed by atoms with Crippen LogP contribution in [0.4, 0.5) is 0 Å². The van der Waals surface area contributed by atoms with Crippen LogP contribution in [0.1, 0.15) is 48.6 Å². The Morgan fingerprint density at radius 2 is 2.17 bits per heavy atom. The third kappa shape index (κ3) is 3.99. The van der Waals surface area contributed by atoms with Crippen molar-refractivity contribution in [3.8, 4) is 0 Å². The lowest BCUT2D eigenvalue weighted by molar-refractivity contribution is 0.0537. The van der Waals surface area contributed by atoms with E-state index in [1.807, 2.05) is 13.0 Å². The minimum Gasteiger partial charge on any atom is -0.456 e. The van der Waals surface area contributed by atoms with Crippen molar-refractivity contribution in [3.05, 3.63) is 23.2 Å². The Morgan fingerprint density at radius 3 is 2.88 bits per heavy atom. The molecule has 1 aromatic heterocycles. The zero-order valence-electron chi connectivity index (χ0n) is 14.8. The van der Waals surface area contributed by atoms with Gasteiger partial charge in [-0.3, -0.25) is 9.69 Å². The maximum absolute atomic E-state index is 12.6. The van der Waals surface area contributed by atoms with Crippen molar-refractivity contribution in [3.63, 3.8) is 0 Å². The first-order chi connectivity index (χ1) is 11.7. The van der Waals surface area contributed by atoms with Gasteiger partial charge in [0.2, 0.25) is 0 Å². The number of ether oxygens (including phenoxy) is 1. The average Bonchev–Trinajstić information content (AvgIpc) is 3.30. The molecule has 2 N–H and O–H groups in total. The van der Waals surface area contributed by atoms with E-state index in [-0.39, 0.29) is 18.1 Å². The first kappa shape index (κ1) is 17.5. The summed E-state index contributed by atoms with van der Waals surface area (Å²) in [7, 11) is 0. The van der Waals surface area contributed by atoms with E-state index in [4.69, 9.17) is 9.15 Å². The smallest absolute Gasteiger partial charge is 0.287 e. The van der Waals surface area contributed by atoms with Gasteiger partial charge in [-0.2, -0.15) is 0 Å². The zero-order valence-corrected chi connectivity index (χ0v) is 14.8. The molecule has 2 aliphatic heterocycles. The molecule has 1 aromatic rings. The molecule has 6 nitrogen and oxygen atoms in total. The number of amides is 1. The Bertz CT molecular complexity index is 552. The summed E-state index contributed by atoms with van der Waals surface area (Å²) in [4.78, 5) is 15.0. The molecular formula is C18H29N3O3. The molecule has 0 saturated carbocycles. The van der Waals surface area contributed by atoms with Crippen LogP contribution >= 0.6 is 0 Å². The Balaban J connectivity index is 1.64. The molecule has 2 fully saturated rings. The van der Waals surface area contributed by atoms with Crippen molar-refractivity contribution in [2.45, 2.75) is 51.8 Å². The van der Waals surface area contributed by atoms with E-state index in [0.29, 0.717) is 12.4 Å². The van der Waals surface area contributed by atoms with E-state index in [1.165, 1.54) is 12.8 Å². The van der Waals surface area contributed by atoms with Crippen molar-refractivity contribution < 1.29 is 13.9 Å². The highest BCUT2D eigenvalue weighted by molar-refractivity contribution is 5.92. The molecule has 0 bridgehead atoms. The fourth-order valence-electron chi connectivity index (χ4n) is 3.62. The van der Waals surface area contributed by atoms with Crippen LogP contribution in [0.15, 0.2) is 10.5 Å². The van der Waals surface area contributed by atoms with Gasteiger partial charge in [0.25, 0.3) is 5.91 Å². The lowest BCUT2D eigenvalue weighted by atomic mass is 10.2. The molecule has 2 saturated heterocycles. The lowest BCUT2D eigenvalue weighted by Gasteiger charge is -2.19. The fourth-order valence-corrected chi connectivity index (χ4v) is 3.62. The van der Waals surface area contributed by atoms with E-state index in [9.17, 15) is 4.79 Å². The number of likely N-dealkylation sites (tertiary alicyclic amines) is 1. The van der Waals surface area contributed by atoms with E-state index < -0.39 is 0 Å². The molecule has 24 heavy (non-hydrogen) atoms. The molecular weight excluding hydrogens is 306 g/mol. The maximum atomic E-state index is 12.6.